The summed E-state index contributed by atoms with van der Waals surface area (Å²) in [6.07, 6.45) is -2.96. The van der Waals surface area contributed by atoms with Gasteiger partial charge in [-0.3, -0.25) is 0 Å². The van der Waals surface area contributed by atoms with Crippen LogP contribution in [0.5, 0.6) is 0 Å². The van der Waals surface area contributed by atoms with Crippen LogP contribution in [0.15, 0.2) is 0 Å². The van der Waals surface area contributed by atoms with Gasteiger partial charge in [0.1, 0.15) is 17.3 Å². The molecule has 0 heterocycles. The van der Waals surface area contributed by atoms with E-state index in [1.54, 1.807) is 0 Å². The average Bonchev–Trinajstić information content (AvgIpc) is 2.76. The second-order valence-corrected chi connectivity index (χ2v) is 6.92. The van der Waals surface area contributed by atoms with Crippen molar-refractivity contribution in [2.75, 3.05) is 7.11 Å². The first-order valence-electron chi connectivity index (χ1n) is 6.41. The predicted octanol–water partition coefficient (Wildman–Crippen LogP) is -1.85. The molecule has 20 heavy (non-hydrogen) atoms. The maximum Gasteiger partial charge on any atom is 0.341 e. The highest BCUT2D eigenvalue weighted by molar-refractivity contribution is 5.89. The molecule has 2 aliphatic rings. The molecular weight excluding hydrogens is 268 g/mol. The molecule has 1 unspecified atom stereocenters. The minimum absolute atomic E-state index is 1.05. The summed E-state index contributed by atoms with van der Waals surface area (Å²) in [7, 11) is 1.05. The number of hydrogen-bond acceptors (Lipinski definition) is 7. The van der Waals surface area contributed by atoms with E-state index in [4.69, 9.17) is 0 Å². The van der Waals surface area contributed by atoms with Gasteiger partial charge in [0.25, 0.3) is 0 Å². The predicted molar refractivity (Wildman–Crippen MR) is 66.4 cm³/mol. The zero-order valence-electron chi connectivity index (χ0n) is 12.2. The molecule has 2 aliphatic carbocycles. The van der Waals surface area contributed by atoms with Crippen molar-refractivity contribution in [2.45, 2.75) is 56.7 Å². The summed E-state index contributed by atoms with van der Waals surface area (Å²) in [4.78, 5) is 11.8. The van der Waals surface area contributed by atoms with E-state index in [0.717, 1.165) is 7.11 Å². The number of ether oxygens (including phenoxy) is 1. The van der Waals surface area contributed by atoms with E-state index in [1.807, 2.05) is 0 Å². The van der Waals surface area contributed by atoms with Crippen LogP contribution < -0.4 is 0 Å². The van der Waals surface area contributed by atoms with Gasteiger partial charge in [-0.25, -0.2) is 4.79 Å². The Morgan fingerprint density at radius 3 is 1.80 bits per heavy atom. The van der Waals surface area contributed by atoms with Crippen molar-refractivity contribution in [3.63, 3.8) is 0 Å². The average molecular weight is 290 g/mol. The van der Waals surface area contributed by atoms with Gasteiger partial charge in [0.05, 0.1) is 13.2 Å². The Morgan fingerprint density at radius 2 is 1.45 bits per heavy atom. The molecule has 2 saturated carbocycles. The van der Waals surface area contributed by atoms with Gasteiger partial charge in [0.15, 0.2) is 0 Å². The van der Waals surface area contributed by atoms with Gasteiger partial charge in [-0.05, 0) is 0 Å². The van der Waals surface area contributed by atoms with Crippen LogP contribution in [-0.4, -0.2) is 67.6 Å². The fraction of sp³-hybridized carbons (Fsp3) is 0.923. The molecule has 0 aliphatic heterocycles. The first-order chi connectivity index (χ1) is 8.80. The molecule has 0 aromatic heterocycles. The molecule has 0 aromatic rings. The molecule has 0 saturated heterocycles. The van der Waals surface area contributed by atoms with Crippen molar-refractivity contribution < 1.29 is 35.1 Å². The Bertz CT molecular complexity index is 473. The molecule has 0 aromatic carbocycles. The Kier molecular flexibility index (Phi) is 2.77. The number of esters is 1. The highest BCUT2D eigenvalue weighted by atomic mass is 16.6. The molecule has 7 heteroatoms. The van der Waals surface area contributed by atoms with Crippen molar-refractivity contribution in [2.24, 2.45) is 10.8 Å². The van der Waals surface area contributed by atoms with Crippen LogP contribution >= 0.6 is 0 Å². The molecule has 0 amide bonds. The van der Waals surface area contributed by atoms with Crippen molar-refractivity contribution >= 4 is 5.97 Å². The summed E-state index contributed by atoms with van der Waals surface area (Å²) >= 11 is 0. The number of rotatable bonds is 2. The van der Waals surface area contributed by atoms with E-state index < -0.39 is 45.8 Å². The molecule has 0 radical (unpaired) electrons. The number of carbonyl (C=O) groups excluding carboxylic acids is 1. The lowest BCUT2D eigenvalue weighted by Gasteiger charge is -2.62. The van der Waals surface area contributed by atoms with E-state index in [0.29, 0.717) is 0 Å². The summed E-state index contributed by atoms with van der Waals surface area (Å²) in [5.74, 6) is -1.09. The lowest BCUT2D eigenvalue weighted by atomic mass is 9.50. The first kappa shape index (κ1) is 15.7. The van der Waals surface area contributed by atoms with Gasteiger partial charge in [-0.1, -0.05) is 27.7 Å². The lowest BCUT2D eigenvalue weighted by molar-refractivity contribution is -0.350. The minimum atomic E-state index is -2.36. The van der Waals surface area contributed by atoms with E-state index in [1.165, 1.54) is 27.7 Å². The van der Waals surface area contributed by atoms with Crippen LogP contribution in [0.1, 0.15) is 27.7 Å². The minimum Gasteiger partial charge on any atom is -0.467 e. The Labute approximate surface area is 116 Å². The third-order valence-electron chi connectivity index (χ3n) is 5.75. The summed E-state index contributed by atoms with van der Waals surface area (Å²) in [6.45, 7) is 5.65. The smallest absolute Gasteiger partial charge is 0.341 e. The van der Waals surface area contributed by atoms with Gasteiger partial charge >= 0.3 is 5.97 Å². The van der Waals surface area contributed by atoms with Gasteiger partial charge in [0.2, 0.25) is 5.60 Å². The zero-order chi connectivity index (χ0) is 15.9. The van der Waals surface area contributed by atoms with Crippen LogP contribution in [-0.2, 0) is 9.53 Å². The van der Waals surface area contributed by atoms with Crippen molar-refractivity contribution in [3.8, 4) is 0 Å². The van der Waals surface area contributed by atoms with E-state index >= 15 is 0 Å². The third-order valence-corrected chi connectivity index (χ3v) is 5.75. The van der Waals surface area contributed by atoms with Gasteiger partial charge in [-0.15, -0.1) is 0 Å². The summed E-state index contributed by atoms with van der Waals surface area (Å²) < 4.78 is 4.50. The monoisotopic (exact) mass is 290 g/mol. The molecule has 5 N–H and O–H groups in total. The van der Waals surface area contributed by atoms with Crippen molar-refractivity contribution in [1.82, 2.24) is 0 Å². The molecule has 7 nitrogen and oxygen atoms in total. The molecule has 0 spiro atoms. The van der Waals surface area contributed by atoms with Gasteiger partial charge in [-0.2, -0.15) is 0 Å². The van der Waals surface area contributed by atoms with Crippen LogP contribution in [0.25, 0.3) is 0 Å². The standard InChI is InChI=1S/C13H22O7/c1-9(2)6(14)7(15)11(9,17)13(19)10(3,4)12(13,18)8(16)20-5/h6-7,14-15,17-19H,1-5H3/t6?,7-,11-,12-,13-/m0/s1. The van der Waals surface area contributed by atoms with Crippen molar-refractivity contribution in [1.29, 1.82) is 0 Å². The fourth-order valence-corrected chi connectivity index (χ4v) is 3.95. The molecule has 0 bridgehead atoms. The molecule has 2 fully saturated rings. The summed E-state index contributed by atoms with van der Waals surface area (Å²) in [5.41, 5.74) is -9.69. The van der Waals surface area contributed by atoms with Gasteiger partial charge < -0.3 is 30.3 Å². The number of methoxy groups -OCH3 is 1. The Morgan fingerprint density at radius 1 is 1.00 bits per heavy atom. The number of carbonyl (C=O) groups is 1. The first-order valence-corrected chi connectivity index (χ1v) is 6.41. The maximum atomic E-state index is 11.8. The summed E-state index contributed by atoms with van der Waals surface area (Å²) in [5, 5.41) is 51.8. The van der Waals surface area contributed by atoms with E-state index in [2.05, 4.69) is 4.74 Å². The Hall–Kier alpha value is -0.730. The van der Waals surface area contributed by atoms with Crippen molar-refractivity contribution in [3.05, 3.63) is 0 Å². The normalized spacial score (nSPS) is 52.1. The van der Waals surface area contributed by atoms with E-state index in [9.17, 15) is 30.3 Å². The molecule has 2 rings (SSSR count). The van der Waals surface area contributed by atoms with Crippen LogP contribution in [0.3, 0.4) is 0 Å². The summed E-state index contributed by atoms with van der Waals surface area (Å²) in [6, 6.07) is 0. The molecular formula is C13H22O7. The zero-order valence-corrected chi connectivity index (χ0v) is 12.2. The quantitative estimate of drug-likeness (QED) is 0.378. The van der Waals surface area contributed by atoms with Crippen LogP contribution in [0.2, 0.25) is 0 Å². The number of aliphatic hydroxyl groups is 5. The van der Waals surface area contributed by atoms with Crippen LogP contribution in [0, 0.1) is 10.8 Å². The lowest BCUT2D eigenvalue weighted by Crippen LogP contribution is -2.82. The number of aliphatic hydroxyl groups excluding tert-OH is 2. The third kappa shape index (κ3) is 1.04. The maximum absolute atomic E-state index is 11.8. The topological polar surface area (TPSA) is 127 Å². The fourth-order valence-electron chi connectivity index (χ4n) is 3.95. The highest BCUT2D eigenvalue weighted by Crippen LogP contribution is 2.75. The van der Waals surface area contributed by atoms with E-state index in [-0.39, 0.29) is 0 Å². The van der Waals surface area contributed by atoms with Crippen LogP contribution in [0.4, 0.5) is 0 Å². The Balaban J connectivity index is 2.56. The molecule has 116 valence electrons. The molecule has 5 atom stereocenters. The SMILES string of the molecule is COC(=O)[C@]1(O)C(C)(C)[C@]1(O)[C@]1(O)[C@@H](O)C(O)C1(C)C. The number of hydrogen-bond donors (Lipinski definition) is 5. The second kappa shape index (κ2) is 3.53. The second-order valence-electron chi connectivity index (χ2n) is 6.92. The largest absolute Gasteiger partial charge is 0.467 e. The van der Waals surface area contributed by atoms with Gasteiger partial charge in [0, 0.05) is 10.8 Å². The highest BCUT2D eigenvalue weighted by Gasteiger charge is 2.98.